The van der Waals surface area contributed by atoms with E-state index in [9.17, 15) is 4.79 Å². The Morgan fingerprint density at radius 3 is 1.87 bits per heavy atom. The third kappa shape index (κ3) is 12.9. The minimum Gasteiger partial charge on any atom is -0.382 e. The van der Waals surface area contributed by atoms with Gasteiger partial charge in [-0.1, -0.05) is 72.3 Å². The van der Waals surface area contributed by atoms with Crippen LogP contribution >= 0.6 is 0 Å². The van der Waals surface area contributed by atoms with Crippen molar-refractivity contribution >= 4 is 5.78 Å². The number of unbranched alkanes of at least 4 members (excludes halogenated alkanes) is 1. The molecule has 0 aromatic rings. The van der Waals surface area contributed by atoms with Crippen LogP contribution < -0.4 is 5.32 Å². The van der Waals surface area contributed by atoms with Gasteiger partial charge in [0.25, 0.3) is 0 Å². The number of hydrogen-bond acceptors (Lipinski definition) is 2. The number of carbonyl (C=O) groups excluding carboxylic acids is 1. The van der Waals surface area contributed by atoms with Crippen LogP contribution in [0.15, 0.2) is 36.6 Å². The number of Topliss-reactive ketones (excluding diaryl/α,β-unsaturated/α-hetero) is 1. The lowest BCUT2D eigenvalue weighted by molar-refractivity contribution is -0.116. The van der Waals surface area contributed by atoms with E-state index in [0.29, 0.717) is 18.4 Å². The van der Waals surface area contributed by atoms with Crippen molar-refractivity contribution in [2.45, 2.75) is 86.1 Å². The summed E-state index contributed by atoms with van der Waals surface area (Å²) in [6, 6.07) is 0.295. The number of nitrogens with one attached hydrogen (secondary N) is 1. The molecular weight excluding hydrogens is 282 g/mol. The summed E-state index contributed by atoms with van der Waals surface area (Å²) in [4.78, 5) is 9.81. The molecule has 2 nitrogen and oxygen atoms in total. The number of rotatable bonds is 11. The molecule has 0 fully saturated rings. The van der Waals surface area contributed by atoms with Crippen LogP contribution in [-0.2, 0) is 4.79 Å². The molecule has 23 heavy (non-hydrogen) atoms. The molecule has 2 atom stereocenters. The molecule has 0 radical (unpaired) electrons. The van der Waals surface area contributed by atoms with Crippen molar-refractivity contribution in [3.63, 3.8) is 0 Å². The average molecular weight is 322 g/mol. The van der Waals surface area contributed by atoms with E-state index in [1.54, 1.807) is 6.92 Å². The van der Waals surface area contributed by atoms with Crippen molar-refractivity contribution in [3.8, 4) is 0 Å². The van der Waals surface area contributed by atoms with Crippen molar-refractivity contribution in [3.05, 3.63) is 36.6 Å². The van der Waals surface area contributed by atoms with Gasteiger partial charge in [-0.15, -0.1) is 0 Å². The summed E-state index contributed by atoms with van der Waals surface area (Å²) >= 11 is 0. The van der Waals surface area contributed by atoms with E-state index in [1.807, 2.05) is 13.8 Å². The van der Waals surface area contributed by atoms with Gasteiger partial charge in [0.05, 0.1) is 6.04 Å². The highest BCUT2D eigenvalue weighted by Gasteiger charge is 2.15. The Morgan fingerprint density at radius 2 is 1.52 bits per heavy atom. The Hall–Kier alpha value is -1.31. The summed E-state index contributed by atoms with van der Waals surface area (Å²) in [5.41, 5.74) is 3.32. The Morgan fingerprint density at radius 1 is 1.00 bits per heavy atom. The van der Waals surface area contributed by atoms with Crippen LogP contribution in [0, 0.1) is 5.92 Å². The van der Waals surface area contributed by atoms with E-state index in [0.717, 1.165) is 29.7 Å². The minimum absolute atomic E-state index is 0.255. The van der Waals surface area contributed by atoms with Crippen molar-refractivity contribution < 1.29 is 4.79 Å². The molecule has 0 aromatic heterocycles. The van der Waals surface area contributed by atoms with Crippen LogP contribution in [0.4, 0.5) is 0 Å². The molecule has 0 spiro atoms. The highest BCUT2D eigenvalue weighted by molar-refractivity contribution is 5.74. The second kappa shape index (κ2) is 14.3. The first kappa shape index (κ1) is 23.9. The molecule has 0 rings (SSSR count). The standard InChI is InChI=1S/C17H31N.C4H8O/c1-8-10-12-14(5)16(7)18-17(11-9-2)15(6)13(3)4;1-3-4(2)5/h14,17-18H,3,6-12H2,1-2,4-5H3;3H2,1-2H3. The van der Waals surface area contributed by atoms with Crippen LogP contribution in [0.25, 0.3) is 0 Å². The predicted octanol–water partition coefficient (Wildman–Crippen LogP) is 6.20. The van der Waals surface area contributed by atoms with Crippen LogP contribution in [0.1, 0.15) is 80.1 Å². The molecule has 0 aliphatic heterocycles. The van der Waals surface area contributed by atoms with E-state index in [2.05, 4.69) is 45.8 Å². The van der Waals surface area contributed by atoms with Crippen LogP contribution in [0.3, 0.4) is 0 Å². The zero-order valence-electron chi connectivity index (χ0n) is 16.4. The zero-order valence-corrected chi connectivity index (χ0v) is 16.4. The first-order chi connectivity index (χ1) is 10.7. The third-order valence-electron chi connectivity index (χ3n) is 3.99. The number of allylic oxidation sites excluding steroid dienone is 1. The molecule has 1 N–H and O–H groups in total. The summed E-state index contributed by atoms with van der Waals surface area (Å²) in [5.74, 6) is 0.784. The van der Waals surface area contributed by atoms with Crippen molar-refractivity contribution in [1.82, 2.24) is 5.32 Å². The van der Waals surface area contributed by atoms with E-state index < -0.39 is 0 Å². The zero-order chi connectivity index (χ0) is 18.4. The van der Waals surface area contributed by atoms with E-state index in [1.165, 1.54) is 19.3 Å². The first-order valence-electron chi connectivity index (χ1n) is 9.00. The lowest BCUT2D eigenvalue weighted by Gasteiger charge is -2.26. The molecular formula is C21H39NO. The maximum Gasteiger partial charge on any atom is 0.129 e. The van der Waals surface area contributed by atoms with Gasteiger partial charge in [0.1, 0.15) is 5.78 Å². The fourth-order valence-corrected chi connectivity index (χ4v) is 1.97. The lowest BCUT2D eigenvalue weighted by Crippen LogP contribution is -2.32. The van der Waals surface area contributed by atoms with Gasteiger partial charge in [0, 0.05) is 12.1 Å². The van der Waals surface area contributed by atoms with Gasteiger partial charge < -0.3 is 10.1 Å². The highest BCUT2D eigenvalue weighted by atomic mass is 16.1. The number of hydrogen-bond donors (Lipinski definition) is 1. The molecule has 0 saturated carbocycles. The number of ketones is 1. The predicted molar refractivity (Wildman–Crippen MR) is 105 cm³/mol. The van der Waals surface area contributed by atoms with Crippen molar-refractivity contribution in [2.24, 2.45) is 5.92 Å². The SMILES string of the molecule is C=C(C)C(=C)C(CCC)NC(=C)C(C)CCCC.CCC(C)=O. The summed E-state index contributed by atoms with van der Waals surface area (Å²) in [6.45, 7) is 24.5. The van der Waals surface area contributed by atoms with Gasteiger partial charge in [0.15, 0.2) is 0 Å². The quantitative estimate of drug-likeness (QED) is 0.459. The molecule has 0 aliphatic carbocycles. The highest BCUT2D eigenvalue weighted by Crippen LogP contribution is 2.19. The van der Waals surface area contributed by atoms with Gasteiger partial charge in [-0.05, 0) is 38.2 Å². The van der Waals surface area contributed by atoms with Crippen molar-refractivity contribution in [2.75, 3.05) is 0 Å². The second-order valence-electron chi connectivity index (χ2n) is 6.42. The van der Waals surface area contributed by atoms with Crippen LogP contribution in [0.2, 0.25) is 0 Å². The maximum absolute atomic E-state index is 9.81. The monoisotopic (exact) mass is 321 g/mol. The molecule has 0 aromatic carbocycles. The topological polar surface area (TPSA) is 29.1 Å². The van der Waals surface area contributed by atoms with Crippen LogP contribution in [0.5, 0.6) is 0 Å². The Balaban J connectivity index is 0. The molecule has 2 unspecified atom stereocenters. The molecule has 0 aliphatic rings. The Kier molecular flexibility index (Phi) is 14.9. The smallest absolute Gasteiger partial charge is 0.129 e. The summed E-state index contributed by atoms with van der Waals surface area (Å²) < 4.78 is 0. The Labute approximate surface area is 145 Å². The fourth-order valence-electron chi connectivity index (χ4n) is 1.97. The molecule has 0 bridgehead atoms. The van der Waals surface area contributed by atoms with Crippen LogP contribution in [-0.4, -0.2) is 11.8 Å². The van der Waals surface area contributed by atoms with E-state index >= 15 is 0 Å². The van der Waals surface area contributed by atoms with Gasteiger partial charge in [0.2, 0.25) is 0 Å². The molecule has 0 saturated heterocycles. The third-order valence-corrected chi connectivity index (χ3v) is 3.99. The average Bonchev–Trinajstić information content (AvgIpc) is 2.51. The summed E-state index contributed by atoms with van der Waals surface area (Å²) in [5, 5.41) is 3.55. The summed E-state index contributed by atoms with van der Waals surface area (Å²) in [7, 11) is 0. The molecule has 0 heterocycles. The van der Waals surface area contributed by atoms with E-state index in [-0.39, 0.29) is 5.78 Å². The minimum atomic E-state index is 0.255. The number of carbonyl (C=O) groups is 1. The van der Waals surface area contributed by atoms with Gasteiger partial charge in [-0.2, -0.15) is 0 Å². The van der Waals surface area contributed by atoms with Gasteiger partial charge in [-0.25, -0.2) is 0 Å². The van der Waals surface area contributed by atoms with E-state index in [4.69, 9.17) is 0 Å². The lowest BCUT2D eigenvalue weighted by atomic mass is 9.95. The normalized spacial score (nSPS) is 12.4. The fraction of sp³-hybridized carbons (Fsp3) is 0.667. The molecule has 2 heteroatoms. The second-order valence-corrected chi connectivity index (χ2v) is 6.42. The molecule has 0 amide bonds. The van der Waals surface area contributed by atoms with Gasteiger partial charge >= 0.3 is 0 Å². The molecule has 134 valence electrons. The summed E-state index contributed by atoms with van der Waals surface area (Å²) in [6.07, 6.45) is 6.61. The largest absolute Gasteiger partial charge is 0.382 e. The first-order valence-corrected chi connectivity index (χ1v) is 9.00. The van der Waals surface area contributed by atoms with Crippen molar-refractivity contribution in [1.29, 1.82) is 0 Å². The van der Waals surface area contributed by atoms with Gasteiger partial charge in [-0.3, -0.25) is 0 Å². The maximum atomic E-state index is 9.81. The Bertz CT molecular complexity index is 381.